The summed E-state index contributed by atoms with van der Waals surface area (Å²) in [5.41, 5.74) is 3.21. The van der Waals surface area contributed by atoms with Crippen LogP contribution in [0, 0.1) is 5.41 Å². The average molecular weight is 228 g/mol. The first-order valence-corrected chi connectivity index (χ1v) is 6.07. The highest BCUT2D eigenvalue weighted by Gasteiger charge is 2.56. The van der Waals surface area contributed by atoms with Crippen molar-refractivity contribution in [3.05, 3.63) is 47.5 Å². The molecule has 0 N–H and O–H groups in total. The van der Waals surface area contributed by atoms with Gasteiger partial charge >= 0.3 is 5.97 Å². The van der Waals surface area contributed by atoms with Crippen molar-refractivity contribution >= 4 is 5.97 Å². The quantitative estimate of drug-likeness (QED) is 0.574. The lowest BCUT2D eigenvalue weighted by Gasteiger charge is -2.20. The van der Waals surface area contributed by atoms with Gasteiger partial charge in [0.15, 0.2) is 0 Å². The van der Waals surface area contributed by atoms with E-state index in [2.05, 4.69) is 24.8 Å². The Kier molecular flexibility index (Phi) is 2.15. The van der Waals surface area contributed by atoms with E-state index in [-0.39, 0.29) is 17.5 Å². The lowest BCUT2D eigenvalue weighted by Crippen LogP contribution is -2.17. The van der Waals surface area contributed by atoms with Crippen LogP contribution in [-0.2, 0) is 16.0 Å². The van der Waals surface area contributed by atoms with Gasteiger partial charge in [0, 0.05) is 11.0 Å². The van der Waals surface area contributed by atoms with Gasteiger partial charge in [0.1, 0.15) is 6.10 Å². The Morgan fingerprint density at radius 2 is 2.12 bits per heavy atom. The molecule has 1 atom stereocenters. The first kappa shape index (κ1) is 10.6. The summed E-state index contributed by atoms with van der Waals surface area (Å²) in [7, 11) is 0. The van der Waals surface area contributed by atoms with Gasteiger partial charge in [0.25, 0.3) is 0 Å². The Morgan fingerprint density at radius 3 is 2.76 bits per heavy atom. The molecule has 1 spiro atoms. The van der Waals surface area contributed by atoms with Gasteiger partial charge in [-0.25, -0.2) is 4.79 Å². The van der Waals surface area contributed by atoms with Crippen LogP contribution >= 0.6 is 0 Å². The highest BCUT2D eigenvalue weighted by Crippen LogP contribution is 2.63. The van der Waals surface area contributed by atoms with Crippen LogP contribution in [0.25, 0.3) is 0 Å². The maximum Gasteiger partial charge on any atom is 0.333 e. The Bertz CT molecular complexity index is 497. The van der Waals surface area contributed by atoms with Gasteiger partial charge < -0.3 is 4.74 Å². The molecule has 17 heavy (non-hydrogen) atoms. The zero-order valence-corrected chi connectivity index (χ0v) is 10.0. The van der Waals surface area contributed by atoms with Crippen LogP contribution in [0.1, 0.15) is 37.0 Å². The molecule has 2 heteroatoms. The van der Waals surface area contributed by atoms with E-state index >= 15 is 0 Å². The van der Waals surface area contributed by atoms with Gasteiger partial charge in [-0.3, -0.25) is 0 Å². The van der Waals surface area contributed by atoms with Crippen LogP contribution in [0.2, 0.25) is 0 Å². The maximum atomic E-state index is 11.7. The number of hydrogen-bond donors (Lipinski definition) is 0. The minimum Gasteiger partial charge on any atom is -0.454 e. The number of benzene rings is 1. The molecule has 0 radical (unpaired) electrons. The second kappa shape index (κ2) is 3.46. The first-order valence-electron chi connectivity index (χ1n) is 6.07. The molecule has 0 aliphatic heterocycles. The third-order valence-corrected chi connectivity index (χ3v) is 3.90. The summed E-state index contributed by atoms with van der Waals surface area (Å²) in [4.78, 5) is 11.7. The number of carbonyl (C=O) groups is 1. The molecule has 1 fully saturated rings. The van der Waals surface area contributed by atoms with E-state index in [0.29, 0.717) is 5.57 Å². The van der Waals surface area contributed by atoms with Gasteiger partial charge in [0.05, 0.1) is 0 Å². The SMILES string of the molecule is C=C(C)C(=O)OC1c2ccccc2CC12CC2. The van der Waals surface area contributed by atoms with Crippen molar-refractivity contribution in [2.45, 2.75) is 32.3 Å². The minimum atomic E-state index is -0.266. The fourth-order valence-corrected chi connectivity index (χ4v) is 2.75. The van der Waals surface area contributed by atoms with Crippen molar-refractivity contribution in [1.82, 2.24) is 0 Å². The molecule has 0 heterocycles. The molecule has 0 bridgehead atoms. The molecule has 0 amide bonds. The van der Waals surface area contributed by atoms with Crippen molar-refractivity contribution in [2.24, 2.45) is 5.41 Å². The number of fused-ring (bicyclic) bond motifs is 1. The number of hydrogen-bond acceptors (Lipinski definition) is 2. The fourth-order valence-electron chi connectivity index (χ4n) is 2.75. The minimum absolute atomic E-state index is 0.0529. The molecule has 1 aromatic rings. The number of carbonyl (C=O) groups excluding carboxylic acids is 1. The predicted molar refractivity (Wildman–Crippen MR) is 65.5 cm³/mol. The van der Waals surface area contributed by atoms with Crippen molar-refractivity contribution in [1.29, 1.82) is 0 Å². The number of ether oxygens (including phenoxy) is 1. The van der Waals surface area contributed by atoms with Crippen LogP contribution in [0.4, 0.5) is 0 Å². The topological polar surface area (TPSA) is 26.3 Å². The van der Waals surface area contributed by atoms with Crippen molar-refractivity contribution in [2.75, 3.05) is 0 Å². The second-order valence-corrected chi connectivity index (χ2v) is 5.30. The van der Waals surface area contributed by atoms with E-state index in [9.17, 15) is 4.79 Å². The van der Waals surface area contributed by atoms with E-state index in [1.54, 1.807) is 6.92 Å². The molecule has 88 valence electrons. The predicted octanol–water partition coefficient (Wildman–Crippen LogP) is 3.18. The van der Waals surface area contributed by atoms with E-state index in [4.69, 9.17) is 4.74 Å². The maximum absolute atomic E-state index is 11.7. The fraction of sp³-hybridized carbons (Fsp3) is 0.400. The molecule has 1 unspecified atom stereocenters. The lowest BCUT2D eigenvalue weighted by atomic mass is 10.0. The molecular formula is C15H16O2. The molecule has 2 aliphatic carbocycles. The zero-order valence-electron chi connectivity index (χ0n) is 10.0. The first-order chi connectivity index (χ1) is 8.12. The standard InChI is InChI=1S/C15H16O2/c1-10(2)14(16)17-13-12-6-4-3-5-11(12)9-15(13)7-8-15/h3-6,13H,1,7-9H2,2H3. The van der Waals surface area contributed by atoms with Crippen LogP contribution < -0.4 is 0 Å². The van der Waals surface area contributed by atoms with Gasteiger partial charge in [-0.05, 0) is 37.3 Å². The molecule has 0 saturated heterocycles. The summed E-state index contributed by atoms with van der Waals surface area (Å²) in [6, 6.07) is 8.29. The smallest absolute Gasteiger partial charge is 0.333 e. The van der Waals surface area contributed by atoms with Crippen LogP contribution in [0.5, 0.6) is 0 Å². The molecule has 2 nitrogen and oxygen atoms in total. The van der Waals surface area contributed by atoms with Gasteiger partial charge in [-0.15, -0.1) is 0 Å². The highest BCUT2D eigenvalue weighted by atomic mass is 16.5. The Balaban J connectivity index is 1.92. The Labute approximate surface area is 101 Å². The van der Waals surface area contributed by atoms with E-state index in [0.717, 1.165) is 19.3 Å². The summed E-state index contributed by atoms with van der Waals surface area (Å²) >= 11 is 0. The summed E-state index contributed by atoms with van der Waals surface area (Å²) in [5, 5.41) is 0. The number of rotatable bonds is 2. The normalized spacial score (nSPS) is 23.2. The van der Waals surface area contributed by atoms with E-state index in [1.807, 2.05) is 6.07 Å². The van der Waals surface area contributed by atoms with Gasteiger partial charge in [0.2, 0.25) is 0 Å². The molecule has 3 rings (SSSR count). The van der Waals surface area contributed by atoms with Crippen LogP contribution in [-0.4, -0.2) is 5.97 Å². The van der Waals surface area contributed by atoms with Crippen molar-refractivity contribution < 1.29 is 9.53 Å². The lowest BCUT2D eigenvalue weighted by molar-refractivity contribution is -0.147. The van der Waals surface area contributed by atoms with Crippen molar-refractivity contribution in [3.8, 4) is 0 Å². The third kappa shape index (κ3) is 1.59. The van der Waals surface area contributed by atoms with Crippen LogP contribution in [0.3, 0.4) is 0 Å². The second-order valence-electron chi connectivity index (χ2n) is 5.30. The average Bonchev–Trinajstić information content (AvgIpc) is 2.99. The molecular weight excluding hydrogens is 212 g/mol. The van der Waals surface area contributed by atoms with E-state index < -0.39 is 0 Å². The third-order valence-electron chi connectivity index (χ3n) is 3.90. The molecule has 1 saturated carbocycles. The van der Waals surface area contributed by atoms with Gasteiger partial charge in [-0.1, -0.05) is 30.8 Å². The molecule has 2 aliphatic rings. The summed E-state index contributed by atoms with van der Waals surface area (Å²) in [6.45, 7) is 5.34. The summed E-state index contributed by atoms with van der Waals surface area (Å²) in [6.07, 6.45) is 3.33. The number of esters is 1. The molecule has 0 aromatic heterocycles. The zero-order chi connectivity index (χ0) is 12.0. The van der Waals surface area contributed by atoms with Crippen molar-refractivity contribution in [3.63, 3.8) is 0 Å². The largest absolute Gasteiger partial charge is 0.454 e. The van der Waals surface area contributed by atoms with E-state index in [1.165, 1.54) is 11.1 Å². The Morgan fingerprint density at radius 1 is 1.41 bits per heavy atom. The monoisotopic (exact) mass is 228 g/mol. The summed E-state index contributed by atoms with van der Waals surface area (Å²) < 4.78 is 5.64. The van der Waals surface area contributed by atoms with Crippen LogP contribution in [0.15, 0.2) is 36.4 Å². The summed E-state index contributed by atoms with van der Waals surface area (Å²) in [5.74, 6) is -0.266. The highest BCUT2D eigenvalue weighted by molar-refractivity contribution is 5.87. The molecule has 1 aromatic carbocycles. The van der Waals surface area contributed by atoms with Gasteiger partial charge in [-0.2, -0.15) is 0 Å². The Hall–Kier alpha value is -1.57.